The van der Waals surface area contributed by atoms with Crippen molar-refractivity contribution in [3.05, 3.63) is 57.6 Å². The van der Waals surface area contributed by atoms with E-state index >= 15 is 0 Å². The predicted molar refractivity (Wildman–Crippen MR) is 83.0 cm³/mol. The van der Waals surface area contributed by atoms with Crippen molar-refractivity contribution in [2.45, 2.75) is 19.8 Å². The van der Waals surface area contributed by atoms with Crippen LogP contribution in [0.3, 0.4) is 0 Å². The second-order valence-electron chi connectivity index (χ2n) is 5.11. The molecule has 7 nitrogen and oxygen atoms in total. The Morgan fingerprint density at radius 1 is 1.43 bits per heavy atom. The molecule has 1 aromatic carbocycles. The molecule has 0 unspecified atom stereocenters. The fraction of sp³-hybridized carbons (Fsp3) is 0.250. The zero-order valence-electron chi connectivity index (χ0n) is 13.0. The number of hydrogen-bond donors (Lipinski definition) is 2. The van der Waals surface area contributed by atoms with Gasteiger partial charge in [-0.05, 0) is 31.5 Å². The highest BCUT2D eigenvalue weighted by Gasteiger charge is 2.33. The minimum absolute atomic E-state index is 0.0119. The lowest BCUT2D eigenvalue weighted by Crippen LogP contribution is -2.28. The highest BCUT2D eigenvalue weighted by atomic mass is 16.8. The van der Waals surface area contributed by atoms with Gasteiger partial charge < -0.3 is 20.5 Å². The summed E-state index contributed by atoms with van der Waals surface area (Å²) in [7, 11) is 1.26. The molecule has 23 heavy (non-hydrogen) atoms. The maximum Gasteiger partial charge on any atom is 0.336 e. The van der Waals surface area contributed by atoms with Gasteiger partial charge in [0, 0.05) is 11.4 Å². The van der Waals surface area contributed by atoms with E-state index in [4.69, 9.17) is 9.94 Å². The molecule has 0 radical (unpaired) electrons. The number of allylic oxidation sites excluding steroid dienone is 3. The first-order chi connectivity index (χ1) is 10.9. The van der Waals surface area contributed by atoms with Crippen molar-refractivity contribution < 1.29 is 14.7 Å². The summed E-state index contributed by atoms with van der Waals surface area (Å²) in [5, 5.41) is 32.4. The number of ether oxygens (including phenoxy) is 1. The van der Waals surface area contributed by atoms with E-state index in [-0.39, 0.29) is 10.9 Å². The lowest BCUT2D eigenvalue weighted by molar-refractivity contribution is -0.136. The van der Waals surface area contributed by atoms with Gasteiger partial charge in [-0.25, -0.2) is 4.79 Å². The van der Waals surface area contributed by atoms with E-state index in [1.54, 1.807) is 26.0 Å². The van der Waals surface area contributed by atoms with E-state index in [2.05, 4.69) is 11.4 Å². The van der Waals surface area contributed by atoms with Crippen LogP contribution in [0.4, 0.5) is 5.69 Å². The molecule has 0 spiro atoms. The number of rotatable bonds is 3. The van der Waals surface area contributed by atoms with Crippen molar-refractivity contribution in [2.75, 3.05) is 12.3 Å². The molecule has 1 aliphatic heterocycles. The van der Waals surface area contributed by atoms with Gasteiger partial charge in [-0.15, -0.1) is 0 Å². The average Bonchev–Trinajstić information content (AvgIpc) is 2.53. The smallest absolute Gasteiger partial charge is 0.336 e. The fourth-order valence-corrected chi connectivity index (χ4v) is 2.68. The van der Waals surface area contributed by atoms with Gasteiger partial charge in [0.1, 0.15) is 0 Å². The van der Waals surface area contributed by atoms with Crippen LogP contribution in [0.25, 0.3) is 0 Å². The van der Waals surface area contributed by atoms with Crippen LogP contribution in [0.1, 0.15) is 25.3 Å². The molecule has 1 aromatic rings. The van der Waals surface area contributed by atoms with Crippen LogP contribution in [-0.4, -0.2) is 18.3 Å². The molecule has 0 saturated carbocycles. The zero-order valence-corrected chi connectivity index (χ0v) is 13.0. The topological polar surface area (TPSA) is 109 Å². The lowest BCUT2D eigenvalue weighted by Gasteiger charge is -2.29. The Kier molecular flexibility index (Phi) is 4.69. The minimum Gasteiger partial charge on any atom is -0.733 e. The van der Waals surface area contributed by atoms with E-state index in [9.17, 15) is 15.3 Å². The SMILES string of the molecule is COC(=O)C1=C(C)NC(C)=C(C#N)[C@@H]1c1cccc(N([O-])O)c1. The highest BCUT2D eigenvalue weighted by Crippen LogP contribution is 2.39. The Labute approximate surface area is 133 Å². The van der Waals surface area contributed by atoms with Crippen LogP contribution in [0.15, 0.2) is 46.8 Å². The molecule has 0 aliphatic carbocycles. The summed E-state index contributed by atoms with van der Waals surface area (Å²) in [5.74, 6) is -1.23. The van der Waals surface area contributed by atoms with Crippen molar-refractivity contribution in [3.63, 3.8) is 0 Å². The van der Waals surface area contributed by atoms with Crippen molar-refractivity contribution in [1.29, 1.82) is 5.26 Å². The summed E-state index contributed by atoms with van der Waals surface area (Å²) in [6, 6.07) is 8.22. The second-order valence-corrected chi connectivity index (χ2v) is 5.11. The number of carbonyl (C=O) groups is 1. The number of nitriles is 1. The number of dihydropyridines is 1. The molecule has 1 aliphatic rings. The van der Waals surface area contributed by atoms with Gasteiger partial charge >= 0.3 is 5.97 Å². The van der Waals surface area contributed by atoms with E-state index in [0.717, 1.165) is 0 Å². The van der Waals surface area contributed by atoms with Crippen molar-refractivity contribution in [2.24, 2.45) is 0 Å². The van der Waals surface area contributed by atoms with Gasteiger partial charge in [-0.3, -0.25) is 5.21 Å². The number of nitrogens with zero attached hydrogens (tertiary/aromatic N) is 2. The summed E-state index contributed by atoms with van der Waals surface area (Å²) >= 11 is 0. The Balaban J connectivity index is 2.66. The molecule has 7 heteroatoms. The first kappa shape index (κ1) is 16.5. The third kappa shape index (κ3) is 3.04. The van der Waals surface area contributed by atoms with Crippen LogP contribution in [0.2, 0.25) is 0 Å². The van der Waals surface area contributed by atoms with Gasteiger partial charge in [-0.2, -0.15) is 5.26 Å². The van der Waals surface area contributed by atoms with E-state index in [0.29, 0.717) is 28.1 Å². The number of benzene rings is 1. The molecular formula is C16H16N3O4-. The number of nitrogens with one attached hydrogen (secondary N) is 1. The summed E-state index contributed by atoms with van der Waals surface area (Å²) < 4.78 is 4.83. The molecule has 1 atom stereocenters. The van der Waals surface area contributed by atoms with Gasteiger partial charge in [0.05, 0.1) is 35.9 Å². The van der Waals surface area contributed by atoms with E-state index in [1.807, 2.05) is 0 Å². The van der Waals surface area contributed by atoms with Crippen LogP contribution in [-0.2, 0) is 9.53 Å². The van der Waals surface area contributed by atoms with Gasteiger partial charge in [0.25, 0.3) is 0 Å². The number of anilines is 1. The van der Waals surface area contributed by atoms with Crippen LogP contribution >= 0.6 is 0 Å². The molecule has 0 saturated heterocycles. The third-order valence-electron chi connectivity index (χ3n) is 3.71. The second kappa shape index (κ2) is 6.52. The molecule has 0 bridgehead atoms. The zero-order chi connectivity index (χ0) is 17.1. The number of hydrogen-bond acceptors (Lipinski definition) is 7. The minimum atomic E-state index is -0.673. The summed E-state index contributed by atoms with van der Waals surface area (Å²) in [4.78, 5) is 12.2. The normalized spacial score (nSPS) is 17.5. The molecule has 0 amide bonds. The fourth-order valence-electron chi connectivity index (χ4n) is 2.68. The molecule has 2 rings (SSSR count). The largest absolute Gasteiger partial charge is 0.733 e. The monoisotopic (exact) mass is 314 g/mol. The quantitative estimate of drug-likeness (QED) is 0.651. The van der Waals surface area contributed by atoms with Crippen LogP contribution in [0.5, 0.6) is 0 Å². The van der Waals surface area contributed by atoms with Crippen LogP contribution in [0, 0.1) is 16.5 Å². The van der Waals surface area contributed by atoms with Gasteiger partial charge in [0.2, 0.25) is 0 Å². The number of methoxy groups -OCH3 is 1. The number of carbonyl (C=O) groups excluding carboxylic acids is 1. The highest BCUT2D eigenvalue weighted by molar-refractivity contribution is 5.93. The van der Waals surface area contributed by atoms with Gasteiger partial charge in [-0.1, -0.05) is 12.1 Å². The first-order valence-electron chi connectivity index (χ1n) is 6.83. The molecular weight excluding hydrogens is 298 g/mol. The Bertz CT molecular complexity index is 744. The average molecular weight is 314 g/mol. The van der Waals surface area contributed by atoms with Gasteiger partial charge in [0.15, 0.2) is 0 Å². The molecule has 0 aromatic heterocycles. The summed E-state index contributed by atoms with van der Waals surface area (Å²) in [5.41, 5.74) is 2.39. The van der Waals surface area contributed by atoms with Crippen molar-refractivity contribution in [3.8, 4) is 6.07 Å². The summed E-state index contributed by atoms with van der Waals surface area (Å²) in [6.45, 7) is 3.45. The third-order valence-corrected chi connectivity index (χ3v) is 3.71. The van der Waals surface area contributed by atoms with Crippen molar-refractivity contribution >= 4 is 11.7 Å². The van der Waals surface area contributed by atoms with Crippen molar-refractivity contribution in [1.82, 2.24) is 5.32 Å². The predicted octanol–water partition coefficient (Wildman–Crippen LogP) is 2.31. The van der Waals surface area contributed by atoms with E-state index in [1.165, 1.54) is 19.2 Å². The lowest BCUT2D eigenvalue weighted by atomic mass is 9.81. The maximum absolute atomic E-state index is 12.2. The number of esters is 1. The molecule has 0 fully saturated rings. The molecule has 1 heterocycles. The van der Waals surface area contributed by atoms with Crippen LogP contribution < -0.4 is 10.5 Å². The Hall–Kier alpha value is -2.82. The summed E-state index contributed by atoms with van der Waals surface area (Å²) in [6.07, 6.45) is 0. The Morgan fingerprint density at radius 3 is 2.70 bits per heavy atom. The van der Waals surface area contributed by atoms with E-state index < -0.39 is 11.9 Å². The standard InChI is InChI=1S/C16H16N3O4/c1-9-13(8-17)15(14(10(2)18-9)16(20)23-3)11-5-4-6-12(7-11)19(21)22/h4-7,15,18,21H,1-3H3/q-1/t15-/m0/s1. The Morgan fingerprint density at radius 2 is 2.13 bits per heavy atom. The first-order valence-corrected chi connectivity index (χ1v) is 6.83. The molecule has 120 valence electrons. The molecule has 2 N–H and O–H groups in total. The maximum atomic E-state index is 12.2.